The molecule has 2 N–H and O–H groups in total. The smallest absolute Gasteiger partial charge is 0.313 e. The van der Waals surface area contributed by atoms with Crippen molar-refractivity contribution in [2.75, 3.05) is 26.7 Å². The molecule has 9 nitrogen and oxygen atoms in total. The van der Waals surface area contributed by atoms with Gasteiger partial charge < -0.3 is 24.5 Å². The molecule has 2 bridgehead atoms. The number of unbranched alkanes of at least 4 members (excludes halogenated alkanes) is 2. The van der Waals surface area contributed by atoms with E-state index in [0.717, 1.165) is 62.6 Å². The molecule has 0 spiro atoms. The van der Waals surface area contributed by atoms with Crippen LogP contribution in [0.2, 0.25) is 0 Å². The van der Waals surface area contributed by atoms with Crippen molar-refractivity contribution in [3.05, 3.63) is 42.4 Å². The minimum atomic E-state index is -0.608. The van der Waals surface area contributed by atoms with Gasteiger partial charge >= 0.3 is 5.97 Å². The van der Waals surface area contributed by atoms with E-state index in [9.17, 15) is 9.59 Å². The number of carbonyl (C=O) groups is 2. The van der Waals surface area contributed by atoms with Crippen LogP contribution in [0.5, 0.6) is 5.88 Å². The average Bonchev–Trinajstić information content (AvgIpc) is 3.42. The first kappa shape index (κ1) is 25.2. The number of hydrogen-bond acceptors (Lipinski definition) is 8. The van der Waals surface area contributed by atoms with Gasteiger partial charge in [-0.3, -0.25) is 9.59 Å². The fourth-order valence-corrected chi connectivity index (χ4v) is 5.42. The Labute approximate surface area is 216 Å². The highest BCUT2D eigenvalue weighted by Crippen LogP contribution is 2.43. The van der Waals surface area contributed by atoms with Crippen LogP contribution in [0.1, 0.15) is 63.4 Å². The number of ether oxygens (including phenoxy) is 2. The van der Waals surface area contributed by atoms with Crippen LogP contribution in [-0.2, 0) is 14.3 Å². The third-order valence-corrected chi connectivity index (χ3v) is 7.74. The van der Waals surface area contributed by atoms with Crippen LogP contribution in [0.4, 0.5) is 0 Å². The molecule has 196 valence electrons. The third kappa shape index (κ3) is 5.46. The summed E-state index contributed by atoms with van der Waals surface area (Å²) < 4.78 is 17.9. The number of fused-ring (bicyclic) bond motifs is 4. The number of rotatable bonds is 11. The van der Waals surface area contributed by atoms with E-state index in [1.807, 2.05) is 30.3 Å². The van der Waals surface area contributed by atoms with E-state index in [4.69, 9.17) is 19.6 Å². The number of nitrogens with zero attached hydrogens (tertiary/aromatic N) is 3. The molecule has 1 aromatic carbocycles. The predicted molar refractivity (Wildman–Crippen MR) is 138 cm³/mol. The monoisotopic (exact) mass is 506 g/mol. The lowest BCUT2D eigenvalue weighted by atomic mass is 9.72. The SMILES string of the molecule is COc1nc2ccccc2cc1-c1cnc([C@H](CCCCCC(N)=O)OC(=O)C23CCN(CC2)CC3)o1. The molecular formula is C28H34N4O5. The number of amides is 1. The van der Waals surface area contributed by atoms with Crippen LogP contribution in [0.15, 0.2) is 40.9 Å². The molecule has 6 rings (SSSR count). The molecule has 1 atom stereocenters. The van der Waals surface area contributed by atoms with Gasteiger partial charge in [0.15, 0.2) is 11.9 Å². The molecule has 3 saturated heterocycles. The Morgan fingerprint density at radius 1 is 1.14 bits per heavy atom. The van der Waals surface area contributed by atoms with E-state index in [0.29, 0.717) is 42.4 Å². The van der Waals surface area contributed by atoms with Crippen molar-refractivity contribution in [1.82, 2.24) is 14.9 Å². The van der Waals surface area contributed by atoms with Gasteiger partial charge in [0.05, 0.1) is 29.8 Å². The minimum absolute atomic E-state index is 0.154. The summed E-state index contributed by atoms with van der Waals surface area (Å²) in [4.78, 5) is 36.1. The van der Waals surface area contributed by atoms with Gasteiger partial charge in [-0.1, -0.05) is 24.6 Å². The zero-order valence-corrected chi connectivity index (χ0v) is 21.3. The fourth-order valence-electron chi connectivity index (χ4n) is 5.42. The Morgan fingerprint density at radius 2 is 1.89 bits per heavy atom. The van der Waals surface area contributed by atoms with Gasteiger partial charge in [-0.05, 0) is 70.3 Å². The lowest BCUT2D eigenvalue weighted by Crippen LogP contribution is -2.52. The Kier molecular flexibility index (Phi) is 7.41. The molecular weight excluding hydrogens is 472 g/mol. The van der Waals surface area contributed by atoms with Crippen LogP contribution in [0, 0.1) is 5.41 Å². The molecule has 2 aromatic heterocycles. The molecule has 3 aromatic rings. The van der Waals surface area contributed by atoms with Crippen molar-refractivity contribution in [3.63, 3.8) is 0 Å². The maximum Gasteiger partial charge on any atom is 0.313 e. The lowest BCUT2D eigenvalue weighted by Gasteiger charge is -2.46. The largest absolute Gasteiger partial charge is 0.480 e. The van der Waals surface area contributed by atoms with Gasteiger partial charge in [0, 0.05) is 11.8 Å². The maximum absolute atomic E-state index is 13.5. The fraction of sp³-hybridized carbons (Fsp3) is 0.500. The van der Waals surface area contributed by atoms with Crippen LogP contribution < -0.4 is 10.5 Å². The second-order valence-corrected chi connectivity index (χ2v) is 10.1. The molecule has 0 saturated carbocycles. The summed E-state index contributed by atoms with van der Waals surface area (Å²) >= 11 is 0. The number of aromatic nitrogens is 2. The number of primary amides is 1. The molecule has 3 fully saturated rings. The van der Waals surface area contributed by atoms with Gasteiger partial charge in [0.25, 0.3) is 0 Å². The van der Waals surface area contributed by atoms with Gasteiger partial charge in [0.2, 0.25) is 17.7 Å². The van der Waals surface area contributed by atoms with Gasteiger partial charge in [-0.2, -0.15) is 0 Å². The van der Waals surface area contributed by atoms with Crippen LogP contribution in [0.3, 0.4) is 0 Å². The van der Waals surface area contributed by atoms with Gasteiger partial charge in [0.1, 0.15) is 0 Å². The number of para-hydroxylation sites is 1. The quantitative estimate of drug-likeness (QED) is 0.300. The normalized spacial score (nSPS) is 21.6. The van der Waals surface area contributed by atoms with E-state index in [1.54, 1.807) is 13.3 Å². The summed E-state index contributed by atoms with van der Waals surface area (Å²) in [6.07, 6.45) is 6.67. The van der Waals surface area contributed by atoms with E-state index in [1.165, 1.54) is 0 Å². The second-order valence-electron chi connectivity index (χ2n) is 10.1. The molecule has 1 amide bonds. The first-order valence-corrected chi connectivity index (χ1v) is 13.1. The number of methoxy groups -OCH3 is 1. The lowest BCUT2D eigenvalue weighted by molar-refractivity contribution is -0.171. The molecule has 9 heteroatoms. The summed E-state index contributed by atoms with van der Waals surface area (Å²) in [7, 11) is 1.57. The van der Waals surface area contributed by atoms with E-state index in [2.05, 4.69) is 14.9 Å². The van der Waals surface area contributed by atoms with Crippen molar-refractivity contribution >= 4 is 22.8 Å². The second kappa shape index (κ2) is 10.9. The number of carbonyl (C=O) groups excluding carboxylic acids is 2. The molecule has 37 heavy (non-hydrogen) atoms. The summed E-state index contributed by atoms with van der Waals surface area (Å²) in [5, 5.41) is 0.955. The van der Waals surface area contributed by atoms with Crippen molar-refractivity contribution in [2.24, 2.45) is 11.1 Å². The number of oxazole rings is 1. The third-order valence-electron chi connectivity index (χ3n) is 7.74. The summed E-state index contributed by atoms with van der Waals surface area (Å²) in [5.41, 5.74) is 6.36. The summed E-state index contributed by atoms with van der Waals surface area (Å²) in [6.45, 7) is 2.81. The van der Waals surface area contributed by atoms with Crippen LogP contribution in [-0.4, -0.2) is 53.5 Å². The summed E-state index contributed by atoms with van der Waals surface area (Å²) in [6, 6.07) is 9.75. The summed E-state index contributed by atoms with van der Waals surface area (Å²) in [5.74, 6) is 0.844. The van der Waals surface area contributed by atoms with Gasteiger partial charge in [-0.25, -0.2) is 9.97 Å². The first-order chi connectivity index (χ1) is 18.0. The number of piperidine rings is 3. The van der Waals surface area contributed by atoms with E-state index in [-0.39, 0.29) is 11.9 Å². The van der Waals surface area contributed by atoms with Crippen LogP contribution >= 0.6 is 0 Å². The topological polar surface area (TPSA) is 121 Å². The number of nitrogens with two attached hydrogens (primary N) is 1. The average molecular weight is 507 g/mol. The zero-order valence-electron chi connectivity index (χ0n) is 21.3. The molecule has 0 unspecified atom stereocenters. The highest BCUT2D eigenvalue weighted by atomic mass is 16.6. The predicted octanol–water partition coefficient (Wildman–Crippen LogP) is 4.40. The van der Waals surface area contributed by atoms with Crippen molar-refractivity contribution in [1.29, 1.82) is 0 Å². The van der Waals surface area contributed by atoms with Gasteiger partial charge in [-0.15, -0.1) is 0 Å². The van der Waals surface area contributed by atoms with E-state index >= 15 is 0 Å². The first-order valence-electron chi connectivity index (χ1n) is 13.1. The Morgan fingerprint density at radius 3 is 2.62 bits per heavy atom. The number of benzene rings is 1. The minimum Gasteiger partial charge on any atom is -0.480 e. The Bertz CT molecular complexity index is 1250. The Hall–Kier alpha value is -3.46. The molecule has 0 radical (unpaired) electrons. The maximum atomic E-state index is 13.5. The van der Waals surface area contributed by atoms with Crippen molar-refractivity contribution in [3.8, 4) is 17.2 Å². The highest BCUT2D eigenvalue weighted by molar-refractivity contribution is 5.85. The molecule has 3 aliphatic heterocycles. The zero-order chi connectivity index (χ0) is 25.8. The molecule has 5 heterocycles. The number of pyridine rings is 1. The van der Waals surface area contributed by atoms with E-state index < -0.39 is 11.5 Å². The highest BCUT2D eigenvalue weighted by Gasteiger charge is 2.47. The number of hydrogen-bond donors (Lipinski definition) is 1. The number of esters is 1. The van der Waals surface area contributed by atoms with Crippen LogP contribution in [0.25, 0.3) is 22.2 Å². The molecule has 3 aliphatic rings. The Balaban J connectivity index is 1.37. The van der Waals surface area contributed by atoms with Crippen molar-refractivity contribution in [2.45, 2.75) is 57.5 Å². The molecule has 0 aliphatic carbocycles. The van der Waals surface area contributed by atoms with Crippen molar-refractivity contribution < 1.29 is 23.5 Å². The standard InChI is InChI=1S/C28H34N4O5/c1-35-25-20(17-19-7-5-6-8-21(19)31-25)23-18-30-26(36-23)22(9-3-2-4-10-24(29)33)37-27(34)28-11-14-32(15-12-28)16-13-28/h5-8,17-18,22H,2-4,9-16H2,1H3,(H2,29,33)/t22-/m0/s1.